The third kappa shape index (κ3) is 4.28. The number of nitrogens with zero attached hydrogens (tertiary/aromatic N) is 1. The van der Waals surface area contributed by atoms with Crippen LogP contribution in [0.15, 0.2) is 29.2 Å². The van der Waals surface area contributed by atoms with Crippen LogP contribution in [0.1, 0.15) is 33.3 Å². The molecule has 0 spiro atoms. The molecule has 0 unspecified atom stereocenters. The zero-order valence-electron chi connectivity index (χ0n) is 10.4. The van der Waals surface area contributed by atoms with Crippen molar-refractivity contribution in [3.05, 3.63) is 29.8 Å². The fourth-order valence-corrected chi connectivity index (χ4v) is 2.35. The van der Waals surface area contributed by atoms with Crippen LogP contribution in [-0.2, 0) is 6.42 Å². The summed E-state index contributed by atoms with van der Waals surface area (Å²) in [5.41, 5.74) is 0.965. The Hall–Kier alpha value is -0.940. The molecule has 0 radical (unpaired) electrons. The summed E-state index contributed by atoms with van der Waals surface area (Å²) < 4.78 is 0. The highest BCUT2D eigenvalue weighted by atomic mass is 32.2. The quantitative estimate of drug-likeness (QED) is 0.725. The summed E-state index contributed by atoms with van der Waals surface area (Å²) in [6, 6.07) is 10.9. The van der Waals surface area contributed by atoms with Crippen LogP contribution in [0, 0.1) is 16.7 Å². The van der Waals surface area contributed by atoms with Gasteiger partial charge in [0.2, 0.25) is 0 Å². The second-order valence-corrected chi connectivity index (χ2v) is 6.63. The van der Waals surface area contributed by atoms with E-state index in [9.17, 15) is 0 Å². The average Bonchev–Trinajstić information content (AvgIpc) is 2.20. The molecule has 1 aromatic rings. The van der Waals surface area contributed by atoms with E-state index in [1.165, 1.54) is 10.5 Å². The van der Waals surface area contributed by atoms with Gasteiger partial charge in [0.05, 0.1) is 11.5 Å². The zero-order valence-corrected chi connectivity index (χ0v) is 11.3. The summed E-state index contributed by atoms with van der Waals surface area (Å²) in [7, 11) is 0. The largest absolute Gasteiger partial charge is 0.198 e. The van der Waals surface area contributed by atoms with Gasteiger partial charge in [0.1, 0.15) is 0 Å². The van der Waals surface area contributed by atoms with E-state index in [1.54, 1.807) is 0 Å². The first-order valence-electron chi connectivity index (χ1n) is 5.60. The monoisotopic (exact) mass is 233 g/mol. The third-order valence-electron chi connectivity index (χ3n) is 2.24. The summed E-state index contributed by atoms with van der Waals surface area (Å²) in [6.07, 6.45) is 0.816. The van der Waals surface area contributed by atoms with Crippen LogP contribution >= 0.6 is 11.8 Å². The van der Waals surface area contributed by atoms with E-state index in [0.717, 1.165) is 6.42 Å². The number of rotatable bonds is 4. The lowest BCUT2D eigenvalue weighted by atomic mass is 9.87. The molecule has 0 bridgehead atoms. The van der Waals surface area contributed by atoms with Gasteiger partial charge in [0, 0.05) is 10.1 Å². The number of nitriles is 1. The van der Waals surface area contributed by atoms with Gasteiger partial charge in [0.25, 0.3) is 0 Å². The highest BCUT2D eigenvalue weighted by molar-refractivity contribution is 7.99. The molecule has 0 heterocycles. The van der Waals surface area contributed by atoms with E-state index < -0.39 is 0 Å². The molecule has 0 amide bonds. The van der Waals surface area contributed by atoms with Crippen molar-refractivity contribution in [3.63, 3.8) is 0 Å². The molecule has 16 heavy (non-hydrogen) atoms. The number of hydrogen-bond donors (Lipinski definition) is 0. The first-order valence-corrected chi connectivity index (χ1v) is 6.48. The van der Waals surface area contributed by atoms with Crippen LogP contribution in [0.2, 0.25) is 0 Å². The van der Waals surface area contributed by atoms with Crippen LogP contribution in [-0.4, -0.2) is 5.25 Å². The standard InChI is InChI=1S/C14H19NS/c1-11(2)16-13-7-5-12(6-8-13)9-14(3,4)10-15/h5-8,11H,9H2,1-4H3. The number of benzene rings is 1. The molecular weight excluding hydrogens is 214 g/mol. The Morgan fingerprint density at radius 3 is 2.25 bits per heavy atom. The predicted octanol–water partition coefficient (Wildman–Crippen LogP) is 4.28. The third-order valence-corrected chi connectivity index (χ3v) is 3.26. The van der Waals surface area contributed by atoms with Crippen molar-refractivity contribution in [2.45, 2.75) is 44.3 Å². The second kappa shape index (κ2) is 5.41. The van der Waals surface area contributed by atoms with E-state index in [1.807, 2.05) is 25.6 Å². The fourth-order valence-electron chi connectivity index (χ4n) is 1.51. The molecule has 1 aromatic carbocycles. The molecule has 2 heteroatoms. The van der Waals surface area contributed by atoms with Gasteiger partial charge >= 0.3 is 0 Å². The van der Waals surface area contributed by atoms with Gasteiger partial charge in [-0.3, -0.25) is 0 Å². The Morgan fingerprint density at radius 1 is 1.25 bits per heavy atom. The zero-order chi connectivity index (χ0) is 12.2. The Balaban J connectivity index is 2.69. The maximum absolute atomic E-state index is 8.97. The topological polar surface area (TPSA) is 23.8 Å². The van der Waals surface area contributed by atoms with Gasteiger partial charge in [0.15, 0.2) is 0 Å². The smallest absolute Gasteiger partial charge is 0.0687 e. The van der Waals surface area contributed by atoms with E-state index in [4.69, 9.17) is 5.26 Å². The minimum Gasteiger partial charge on any atom is -0.198 e. The van der Waals surface area contributed by atoms with Crippen LogP contribution in [0.25, 0.3) is 0 Å². The summed E-state index contributed by atoms with van der Waals surface area (Å²) >= 11 is 1.87. The Bertz CT molecular complexity index is 371. The Labute approximate surface area is 103 Å². The molecule has 1 nitrogen and oxygen atoms in total. The van der Waals surface area contributed by atoms with Crippen LogP contribution in [0.4, 0.5) is 0 Å². The summed E-state index contributed by atoms with van der Waals surface area (Å²) in [6.45, 7) is 8.34. The van der Waals surface area contributed by atoms with Gasteiger partial charge < -0.3 is 0 Å². The van der Waals surface area contributed by atoms with Crippen molar-refractivity contribution in [1.29, 1.82) is 5.26 Å². The fraction of sp³-hybridized carbons (Fsp3) is 0.500. The second-order valence-electron chi connectivity index (χ2n) is 4.98. The molecule has 0 saturated carbocycles. The Morgan fingerprint density at radius 2 is 1.81 bits per heavy atom. The summed E-state index contributed by atoms with van der Waals surface area (Å²) in [5.74, 6) is 0. The van der Waals surface area contributed by atoms with Crippen molar-refractivity contribution < 1.29 is 0 Å². The lowest BCUT2D eigenvalue weighted by molar-refractivity contribution is 0.493. The van der Waals surface area contributed by atoms with E-state index in [2.05, 4.69) is 44.2 Å². The SMILES string of the molecule is CC(C)Sc1ccc(CC(C)(C)C#N)cc1. The number of hydrogen-bond acceptors (Lipinski definition) is 2. The summed E-state index contributed by atoms with van der Waals surface area (Å²) in [4.78, 5) is 1.30. The number of thioether (sulfide) groups is 1. The van der Waals surface area contributed by atoms with Crippen molar-refractivity contribution in [1.82, 2.24) is 0 Å². The molecular formula is C14H19NS. The van der Waals surface area contributed by atoms with E-state index in [-0.39, 0.29) is 5.41 Å². The molecule has 0 fully saturated rings. The van der Waals surface area contributed by atoms with Gasteiger partial charge in [-0.25, -0.2) is 0 Å². The highest BCUT2D eigenvalue weighted by Crippen LogP contribution is 2.25. The minimum absolute atomic E-state index is 0.271. The average molecular weight is 233 g/mol. The van der Waals surface area contributed by atoms with E-state index >= 15 is 0 Å². The minimum atomic E-state index is -0.271. The normalized spacial score (nSPS) is 11.5. The van der Waals surface area contributed by atoms with Gasteiger partial charge in [-0.05, 0) is 38.0 Å². The lowest BCUT2D eigenvalue weighted by Gasteiger charge is -2.15. The first-order chi connectivity index (χ1) is 7.43. The highest BCUT2D eigenvalue weighted by Gasteiger charge is 2.16. The Kier molecular flexibility index (Phi) is 4.44. The van der Waals surface area contributed by atoms with Crippen LogP contribution in [0.3, 0.4) is 0 Å². The molecule has 1 rings (SSSR count). The van der Waals surface area contributed by atoms with Crippen molar-refractivity contribution in [2.75, 3.05) is 0 Å². The molecule has 0 atom stereocenters. The molecule has 0 aliphatic rings. The lowest BCUT2D eigenvalue weighted by Crippen LogP contribution is -2.11. The molecule has 0 aliphatic carbocycles. The molecule has 0 aromatic heterocycles. The van der Waals surface area contributed by atoms with Gasteiger partial charge in [-0.2, -0.15) is 5.26 Å². The van der Waals surface area contributed by atoms with Crippen LogP contribution < -0.4 is 0 Å². The molecule has 0 aliphatic heterocycles. The van der Waals surface area contributed by atoms with Crippen molar-refractivity contribution >= 4 is 11.8 Å². The maximum atomic E-state index is 8.97. The van der Waals surface area contributed by atoms with E-state index in [0.29, 0.717) is 5.25 Å². The van der Waals surface area contributed by atoms with Crippen molar-refractivity contribution in [3.8, 4) is 6.07 Å². The molecule has 86 valence electrons. The van der Waals surface area contributed by atoms with Gasteiger partial charge in [-0.15, -0.1) is 11.8 Å². The predicted molar refractivity (Wildman–Crippen MR) is 70.5 cm³/mol. The molecule has 0 N–H and O–H groups in total. The van der Waals surface area contributed by atoms with Crippen LogP contribution in [0.5, 0.6) is 0 Å². The maximum Gasteiger partial charge on any atom is 0.0687 e. The van der Waals surface area contributed by atoms with Crippen molar-refractivity contribution in [2.24, 2.45) is 5.41 Å². The molecule has 0 saturated heterocycles. The van der Waals surface area contributed by atoms with Gasteiger partial charge in [-0.1, -0.05) is 26.0 Å². The first kappa shape index (κ1) is 13.1. The summed E-state index contributed by atoms with van der Waals surface area (Å²) in [5, 5.41) is 9.59.